The molecule has 0 radical (unpaired) electrons. The standard InChI is InChI=1S/C8H10NO5P/c1-5-2-6(8(9)10)4-7(3-5)14-15(11,12)13/h2-4H,1H3,(H2,9,10)(H2,11,12,13). The molecule has 15 heavy (non-hydrogen) atoms. The van der Waals surface area contributed by atoms with Crippen LogP contribution in [-0.2, 0) is 4.57 Å². The molecule has 0 aliphatic heterocycles. The van der Waals surface area contributed by atoms with Gasteiger partial charge in [0, 0.05) is 5.56 Å². The number of hydrogen-bond donors (Lipinski definition) is 3. The molecule has 1 rings (SSSR count). The maximum atomic E-state index is 10.8. The van der Waals surface area contributed by atoms with Crippen LogP contribution in [-0.4, -0.2) is 15.7 Å². The van der Waals surface area contributed by atoms with Gasteiger partial charge in [-0.2, -0.15) is 0 Å². The van der Waals surface area contributed by atoms with E-state index in [9.17, 15) is 9.36 Å². The van der Waals surface area contributed by atoms with Gasteiger partial charge in [0.1, 0.15) is 5.75 Å². The topological polar surface area (TPSA) is 110 Å². The lowest BCUT2D eigenvalue weighted by molar-refractivity contribution is 0.0999. The van der Waals surface area contributed by atoms with Crippen molar-refractivity contribution in [1.29, 1.82) is 0 Å². The molecule has 0 bridgehead atoms. The van der Waals surface area contributed by atoms with Crippen molar-refractivity contribution in [2.24, 2.45) is 5.73 Å². The number of hydrogen-bond acceptors (Lipinski definition) is 3. The first kappa shape index (κ1) is 11.7. The largest absolute Gasteiger partial charge is 0.524 e. The highest BCUT2D eigenvalue weighted by atomic mass is 31.2. The summed E-state index contributed by atoms with van der Waals surface area (Å²) in [7, 11) is -4.61. The van der Waals surface area contributed by atoms with E-state index in [0.717, 1.165) is 0 Å². The predicted octanol–water partition coefficient (Wildman–Crippen LogP) is 0.565. The second kappa shape index (κ2) is 4.02. The number of benzene rings is 1. The monoisotopic (exact) mass is 231 g/mol. The average molecular weight is 231 g/mol. The van der Waals surface area contributed by atoms with Gasteiger partial charge in [0.15, 0.2) is 0 Å². The summed E-state index contributed by atoms with van der Waals surface area (Å²) >= 11 is 0. The third-order valence-electron chi connectivity index (χ3n) is 1.56. The number of nitrogens with two attached hydrogens (primary N) is 1. The van der Waals surface area contributed by atoms with Gasteiger partial charge in [-0.25, -0.2) is 4.57 Å². The van der Waals surface area contributed by atoms with Crippen LogP contribution in [0.1, 0.15) is 15.9 Å². The third kappa shape index (κ3) is 3.71. The number of primary amides is 1. The first-order chi connectivity index (χ1) is 6.78. The summed E-state index contributed by atoms with van der Waals surface area (Å²) in [5.41, 5.74) is 5.78. The van der Waals surface area contributed by atoms with Gasteiger partial charge in [-0.3, -0.25) is 14.6 Å². The maximum absolute atomic E-state index is 10.8. The van der Waals surface area contributed by atoms with Crippen molar-refractivity contribution in [3.63, 3.8) is 0 Å². The normalized spacial score (nSPS) is 11.1. The van der Waals surface area contributed by atoms with Gasteiger partial charge in [0.05, 0.1) is 0 Å². The van der Waals surface area contributed by atoms with Crippen LogP contribution in [0, 0.1) is 6.92 Å². The highest BCUT2D eigenvalue weighted by molar-refractivity contribution is 7.46. The van der Waals surface area contributed by atoms with Crippen LogP contribution >= 0.6 is 7.82 Å². The van der Waals surface area contributed by atoms with Crippen molar-refractivity contribution in [3.05, 3.63) is 29.3 Å². The van der Waals surface area contributed by atoms with Crippen molar-refractivity contribution in [1.82, 2.24) is 0 Å². The Hall–Kier alpha value is -1.36. The summed E-state index contributed by atoms with van der Waals surface area (Å²) < 4.78 is 14.9. The van der Waals surface area contributed by atoms with E-state index in [1.165, 1.54) is 18.2 Å². The summed E-state index contributed by atoms with van der Waals surface area (Å²) in [5, 5.41) is 0. The molecule has 1 aromatic carbocycles. The minimum absolute atomic E-state index is 0.0860. The van der Waals surface area contributed by atoms with Crippen LogP contribution in [0.4, 0.5) is 0 Å². The Labute approximate surface area is 85.9 Å². The number of rotatable bonds is 3. The van der Waals surface area contributed by atoms with Gasteiger partial charge < -0.3 is 10.3 Å². The zero-order valence-corrected chi connectivity index (χ0v) is 8.77. The molecule has 0 saturated heterocycles. The van der Waals surface area contributed by atoms with Gasteiger partial charge in [-0.1, -0.05) is 0 Å². The molecule has 0 heterocycles. The van der Waals surface area contributed by atoms with Gasteiger partial charge in [0.25, 0.3) is 0 Å². The molecule has 1 aromatic rings. The fraction of sp³-hybridized carbons (Fsp3) is 0.125. The van der Waals surface area contributed by atoms with Crippen LogP contribution in [0.2, 0.25) is 0 Å². The zero-order chi connectivity index (χ0) is 11.6. The minimum Gasteiger partial charge on any atom is -0.404 e. The van der Waals surface area contributed by atoms with Gasteiger partial charge in [-0.05, 0) is 30.7 Å². The quantitative estimate of drug-likeness (QED) is 0.658. The highest BCUT2D eigenvalue weighted by Crippen LogP contribution is 2.37. The molecule has 6 nitrogen and oxygen atoms in total. The van der Waals surface area contributed by atoms with E-state index < -0.39 is 13.7 Å². The SMILES string of the molecule is Cc1cc(OP(=O)(O)O)cc(C(N)=O)c1. The molecular formula is C8H10NO5P. The van der Waals surface area contributed by atoms with Crippen molar-refractivity contribution in [3.8, 4) is 5.75 Å². The maximum Gasteiger partial charge on any atom is 0.524 e. The number of phosphoric acid groups is 1. The average Bonchev–Trinajstić information content (AvgIpc) is 1.99. The molecule has 4 N–H and O–H groups in total. The molecule has 0 saturated carbocycles. The van der Waals surface area contributed by atoms with E-state index in [2.05, 4.69) is 4.52 Å². The Balaban J connectivity index is 3.10. The lowest BCUT2D eigenvalue weighted by atomic mass is 10.1. The van der Waals surface area contributed by atoms with E-state index in [0.29, 0.717) is 5.56 Å². The molecule has 0 aliphatic carbocycles. The molecule has 1 amide bonds. The number of carbonyl (C=O) groups excluding carboxylic acids is 1. The second-order valence-electron chi connectivity index (χ2n) is 2.98. The van der Waals surface area contributed by atoms with Gasteiger partial charge >= 0.3 is 7.82 Å². The van der Waals surface area contributed by atoms with E-state index >= 15 is 0 Å². The Morgan fingerprint density at radius 3 is 2.47 bits per heavy atom. The lowest BCUT2D eigenvalue weighted by Crippen LogP contribution is -2.11. The highest BCUT2D eigenvalue weighted by Gasteiger charge is 2.16. The van der Waals surface area contributed by atoms with Crippen molar-refractivity contribution in [2.75, 3.05) is 0 Å². The Bertz CT molecular complexity index is 439. The fourth-order valence-corrected chi connectivity index (χ4v) is 1.46. The first-order valence-electron chi connectivity index (χ1n) is 3.94. The summed E-state index contributed by atoms with van der Waals surface area (Å²) in [6, 6.07) is 4.06. The van der Waals surface area contributed by atoms with E-state index in [1.807, 2.05) is 0 Å². The smallest absolute Gasteiger partial charge is 0.404 e. The summed E-state index contributed by atoms with van der Waals surface area (Å²) in [6.45, 7) is 1.65. The Morgan fingerprint density at radius 1 is 1.40 bits per heavy atom. The zero-order valence-electron chi connectivity index (χ0n) is 7.88. The van der Waals surface area contributed by atoms with Crippen LogP contribution < -0.4 is 10.3 Å². The molecule has 82 valence electrons. The summed E-state index contributed by atoms with van der Waals surface area (Å²) in [4.78, 5) is 28.0. The van der Waals surface area contributed by atoms with Crippen LogP contribution in [0.3, 0.4) is 0 Å². The van der Waals surface area contributed by atoms with Gasteiger partial charge in [-0.15, -0.1) is 0 Å². The molecule has 0 atom stereocenters. The predicted molar refractivity (Wildman–Crippen MR) is 52.4 cm³/mol. The fourth-order valence-electron chi connectivity index (χ4n) is 1.08. The van der Waals surface area contributed by atoms with Gasteiger partial charge in [0.2, 0.25) is 5.91 Å². The number of carbonyl (C=O) groups is 1. The van der Waals surface area contributed by atoms with E-state index in [1.54, 1.807) is 6.92 Å². The van der Waals surface area contributed by atoms with Crippen molar-refractivity contribution in [2.45, 2.75) is 6.92 Å². The third-order valence-corrected chi connectivity index (χ3v) is 2.01. The summed E-state index contributed by atoms with van der Waals surface area (Å²) in [6.07, 6.45) is 0. The first-order valence-corrected chi connectivity index (χ1v) is 5.47. The van der Waals surface area contributed by atoms with Crippen LogP contribution in [0.25, 0.3) is 0 Å². The van der Waals surface area contributed by atoms with Crippen LogP contribution in [0.15, 0.2) is 18.2 Å². The van der Waals surface area contributed by atoms with Crippen molar-refractivity contribution < 1.29 is 23.7 Å². The number of amides is 1. The minimum atomic E-state index is -4.61. The molecule has 0 unspecified atom stereocenters. The summed E-state index contributed by atoms with van der Waals surface area (Å²) in [5.74, 6) is -0.772. The van der Waals surface area contributed by atoms with E-state index in [-0.39, 0.29) is 11.3 Å². The molecule has 0 fully saturated rings. The Kier molecular flexibility index (Phi) is 3.14. The molecular weight excluding hydrogens is 221 g/mol. The number of phosphoric ester groups is 1. The molecule has 0 spiro atoms. The van der Waals surface area contributed by atoms with Crippen molar-refractivity contribution >= 4 is 13.7 Å². The Morgan fingerprint density at radius 2 is 2.00 bits per heavy atom. The lowest BCUT2D eigenvalue weighted by Gasteiger charge is -2.08. The number of aryl methyl sites for hydroxylation is 1. The second-order valence-corrected chi connectivity index (χ2v) is 4.14. The molecule has 0 aliphatic rings. The molecule has 0 aromatic heterocycles. The van der Waals surface area contributed by atoms with E-state index in [4.69, 9.17) is 15.5 Å². The molecule has 7 heteroatoms. The van der Waals surface area contributed by atoms with Crippen LogP contribution in [0.5, 0.6) is 5.75 Å².